The van der Waals surface area contributed by atoms with Gasteiger partial charge >= 0.3 is 0 Å². The van der Waals surface area contributed by atoms with E-state index in [0.717, 1.165) is 42.9 Å². The van der Waals surface area contributed by atoms with Gasteiger partial charge < -0.3 is 20.1 Å². The van der Waals surface area contributed by atoms with Gasteiger partial charge in [-0.15, -0.1) is 0 Å². The third kappa shape index (κ3) is 3.87. The van der Waals surface area contributed by atoms with Crippen LogP contribution in [0.5, 0.6) is 11.5 Å². The molecule has 1 aromatic carbocycles. The second-order valence-electron chi connectivity index (χ2n) is 4.94. The number of hydrogen-bond donors (Lipinski definition) is 2. The Bertz CT molecular complexity index is 440. The van der Waals surface area contributed by atoms with E-state index >= 15 is 0 Å². The fourth-order valence-electron chi connectivity index (χ4n) is 2.34. The molecule has 0 radical (unpaired) electrons. The zero-order valence-corrected chi connectivity index (χ0v) is 12.1. The fraction of sp³-hybridized carbons (Fsp3) is 0.533. The molecule has 0 bridgehead atoms. The van der Waals surface area contributed by atoms with Crippen LogP contribution in [0.1, 0.15) is 24.8 Å². The van der Waals surface area contributed by atoms with Crippen molar-refractivity contribution in [3.8, 4) is 11.5 Å². The van der Waals surface area contributed by atoms with Gasteiger partial charge in [0.25, 0.3) is 0 Å². The number of carbonyl (C=O) groups is 1. The third-order valence-electron chi connectivity index (χ3n) is 3.50. The van der Waals surface area contributed by atoms with Crippen LogP contribution in [-0.4, -0.2) is 32.7 Å². The van der Waals surface area contributed by atoms with Gasteiger partial charge in [0.05, 0.1) is 20.3 Å². The molecular formula is C15H22N2O3. The van der Waals surface area contributed by atoms with Crippen molar-refractivity contribution in [1.82, 2.24) is 10.6 Å². The molecular weight excluding hydrogens is 256 g/mol. The number of methoxy groups -OCH3 is 2. The molecule has 0 aromatic heterocycles. The second-order valence-corrected chi connectivity index (χ2v) is 4.94. The number of amides is 1. The molecule has 20 heavy (non-hydrogen) atoms. The van der Waals surface area contributed by atoms with Gasteiger partial charge in [-0.05, 0) is 37.0 Å². The van der Waals surface area contributed by atoms with Crippen LogP contribution in [0.2, 0.25) is 0 Å². The summed E-state index contributed by atoms with van der Waals surface area (Å²) < 4.78 is 10.5. The van der Waals surface area contributed by atoms with Gasteiger partial charge in [-0.2, -0.15) is 0 Å². The minimum absolute atomic E-state index is 0.0948. The van der Waals surface area contributed by atoms with Gasteiger partial charge in [0.15, 0.2) is 0 Å². The van der Waals surface area contributed by atoms with Crippen LogP contribution < -0.4 is 20.1 Å². The van der Waals surface area contributed by atoms with E-state index in [0.29, 0.717) is 6.54 Å². The maximum absolute atomic E-state index is 11.9. The van der Waals surface area contributed by atoms with Gasteiger partial charge in [-0.1, -0.05) is 0 Å². The Kier molecular flexibility index (Phi) is 5.24. The Labute approximate surface area is 119 Å². The third-order valence-corrected chi connectivity index (χ3v) is 3.50. The van der Waals surface area contributed by atoms with Crippen molar-refractivity contribution in [2.75, 3.05) is 20.8 Å². The van der Waals surface area contributed by atoms with E-state index in [-0.39, 0.29) is 11.9 Å². The molecule has 0 spiro atoms. The normalized spacial score (nSPS) is 19.1. The first-order valence-electron chi connectivity index (χ1n) is 6.96. The van der Waals surface area contributed by atoms with Crippen molar-refractivity contribution in [2.45, 2.75) is 31.8 Å². The lowest BCUT2D eigenvalue weighted by Gasteiger charge is -2.16. The standard InChI is InChI=1S/C15H22N2O3/c1-19-12-7-11(8-13(9-12)20-2)10-17-14-5-3-4-6-16-15(14)18/h7-9,14,17H,3-6,10H2,1-2H3,(H,16,18). The van der Waals surface area contributed by atoms with Gasteiger partial charge in [-0.3, -0.25) is 4.79 Å². The number of benzene rings is 1. The van der Waals surface area contributed by atoms with Crippen molar-refractivity contribution in [3.05, 3.63) is 23.8 Å². The van der Waals surface area contributed by atoms with Gasteiger partial charge in [0.2, 0.25) is 5.91 Å². The molecule has 1 unspecified atom stereocenters. The van der Waals surface area contributed by atoms with Crippen LogP contribution in [0.25, 0.3) is 0 Å². The number of nitrogens with one attached hydrogen (secondary N) is 2. The average molecular weight is 278 g/mol. The Morgan fingerprint density at radius 2 is 1.90 bits per heavy atom. The summed E-state index contributed by atoms with van der Waals surface area (Å²) in [4.78, 5) is 11.9. The summed E-state index contributed by atoms with van der Waals surface area (Å²) in [6.45, 7) is 1.40. The maximum Gasteiger partial charge on any atom is 0.237 e. The molecule has 1 aliphatic rings. The predicted octanol–water partition coefficient (Wildman–Crippen LogP) is 1.46. The van der Waals surface area contributed by atoms with Crippen LogP contribution in [0.4, 0.5) is 0 Å². The summed E-state index contributed by atoms with van der Waals surface area (Å²) in [5.74, 6) is 1.61. The number of carbonyl (C=O) groups excluding carboxylic acids is 1. The molecule has 0 saturated carbocycles. The predicted molar refractivity (Wildman–Crippen MR) is 77.0 cm³/mol. The first-order valence-corrected chi connectivity index (χ1v) is 6.96. The zero-order chi connectivity index (χ0) is 14.4. The molecule has 1 atom stereocenters. The smallest absolute Gasteiger partial charge is 0.237 e. The quantitative estimate of drug-likeness (QED) is 0.856. The molecule has 0 aliphatic carbocycles. The first kappa shape index (κ1) is 14.7. The zero-order valence-electron chi connectivity index (χ0n) is 12.1. The van der Waals surface area contributed by atoms with Crippen LogP contribution in [0.15, 0.2) is 18.2 Å². The summed E-state index contributed by atoms with van der Waals surface area (Å²) >= 11 is 0. The summed E-state index contributed by atoms with van der Waals surface area (Å²) in [5, 5.41) is 6.23. The summed E-state index contributed by atoms with van der Waals surface area (Å²) in [5.41, 5.74) is 1.04. The van der Waals surface area contributed by atoms with Crippen LogP contribution in [0, 0.1) is 0 Å². The molecule has 1 aromatic rings. The molecule has 5 heteroatoms. The largest absolute Gasteiger partial charge is 0.497 e. The number of hydrogen-bond acceptors (Lipinski definition) is 4. The van der Waals surface area contributed by atoms with Gasteiger partial charge in [0, 0.05) is 19.2 Å². The number of rotatable bonds is 5. The van der Waals surface area contributed by atoms with E-state index in [9.17, 15) is 4.79 Å². The molecule has 2 rings (SSSR count). The molecule has 1 fully saturated rings. The Morgan fingerprint density at radius 3 is 2.55 bits per heavy atom. The molecule has 2 N–H and O–H groups in total. The summed E-state index contributed by atoms with van der Waals surface area (Å²) in [7, 11) is 3.26. The summed E-state index contributed by atoms with van der Waals surface area (Å²) in [6, 6.07) is 5.62. The fourth-order valence-corrected chi connectivity index (χ4v) is 2.34. The van der Waals surface area contributed by atoms with Gasteiger partial charge in [-0.25, -0.2) is 0 Å². The van der Waals surface area contributed by atoms with E-state index in [2.05, 4.69) is 10.6 Å². The SMILES string of the molecule is COc1cc(CNC2CCCCNC2=O)cc(OC)c1. The van der Waals surface area contributed by atoms with Crippen molar-refractivity contribution in [2.24, 2.45) is 0 Å². The molecule has 1 heterocycles. The highest BCUT2D eigenvalue weighted by Gasteiger charge is 2.19. The summed E-state index contributed by atoms with van der Waals surface area (Å²) in [6.07, 6.45) is 3.00. The van der Waals surface area contributed by atoms with E-state index in [1.165, 1.54) is 0 Å². The Hall–Kier alpha value is -1.75. The minimum Gasteiger partial charge on any atom is -0.497 e. The lowest BCUT2D eigenvalue weighted by molar-refractivity contribution is -0.122. The molecule has 1 saturated heterocycles. The first-order chi connectivity index (χ1) is 9.72. The highest BCUT2D eigenvalue weighted by molar-refractivity contribution is 5.81. The van der Waals surface area contributed by atoms with Crippen molar-refractivity contribution in [1.29, 1.82) is 0 Å². The van der Waals surface area contributed by atoms with Crippen molar-refractivity contribution < 1.29 is 14.3 Å². The van der Waals surface area contributed by atoms with Crippen molar-refractivity contribution >= 4 is 5.91 Å². The molecule has 1 amide bonds. The van der Waals surface area contributed by atoms with Gasteiger partial charge in [0.1, 0.15) is 11.5 Å². The van der Waals surface area contributed by atoms with E-state index < -0.39 is 0 Å². The topological polar surface area (TPSA) is 59.6 Å². The monoisotopic (exact) mass is 278 g/mol. The molecule has 110 valence electrons. The molecule has 5 nitrogen and oxygen atoms in total. The van der Waals surface area contributed by atoms with Crippen LogP contribution >= 0.6 is 0 Å². The average Bonchev–Trinajstić information content (AvgIpc) is 2.69. The Balaban J connectivity index is 2.00. The minimum atomic E-state index is -0.116. The van der Waals surface area contributed by atoms with E-state index in [1.807, 2.05) is 18.2 Å². The van der Waals surface area contributed by atoms with Crippen molar-refractivity contribution in [3.63, 3.8) is 0 Å². The molecule has 1 aliphatic heterocycles. The highest BCUT2D eigenvalue weighted by Crippen LogP contribution is 2.22. The van der Waals surface area contributed by atoms with Crippen LogP contribution in [-0.2, 0) is 11.3 Å². The lowest BCUT2D eigenvalue weighted by Crippen LogP contribution is -2.42. The Morgan fingerprint density at radius 1 is 1.20 bits per heavy atom. The lowest BCUT2D eigenvalue weighted by atomic mass is 10.1. The highest BCUT2D eigenvalue weighted by atomic mass is 16.5. The second kappa shape index (κ2) is 7.14. The van der Waals surface area contributed by atoms with E-state index in [4.69, 9.17) is 9.47 Å². The van der Waals surface area contributed by atoms with Crippen LogP contribution in [0.3, 0.4) is 0 Å². The van der Waals surface area contributed by atoms with E-state index in [1.54, 1.807) is 14.2 Å². The number of ether oxygens (including phenoxy) is 2. The maximum atomic E-state index is 11.9.